The predicted molar refractivity (Wildman–Crippen MR) is 70.1 cm³/mol. The average Bonchev–Trinajstić information content (AvgIpc) is 2.82. The molecule has 2 aromatic rings. The fourth-order valence-electron chi connectivity index (χ4n) is 1.37. The Morgan fingerprint density at radius 3 is 3.06 bits per heavy atom. The number of carbonyl (C=O) groups is 1. The minimum atomic E-state index is -0.250. The lowest BCUT2D eigenvalue weighted by Gasteiger charge is -2.04. The van der Waals surface area contributed by atoms with E-state index in [0.717, 1.165) is 10.7 Å². The lowest BCUT2D eigenvalue weighted by atomic mass is 10.3. The molecule has 0 atom stereocenters. The van der Waals surface area contributed by atoms with Crippen LogP contribution in [0, 0.1) is 6.92 Å². The number of hydrogen-bond donors (Lipinski definition) is 3. The molecule has 0 fully saturated rings. The van der Waals surface area contributed by atoms with E-state index in [1.54, 1.807) is 12.1 Å². The summed E-state index contributed by atoms with van der Waals surface area (Å²) in [5.74, 6) is 5.02. The normalized spacial score (nSPS) is 10.1. The summed E-state index contributed by atoms with van der Waals surface area (Å²) in [5.41, 5.74) is 4.38. The Bertz CT molecular complexity index is 554. The highest BCUT2D eigenvalue weighted by Gasteiger charge is 2.08. The van der Waals surface area contributed by atoms with Gasteiger partial charge in [-0.05, 0) is 19.1 Å². The van der Waals surface area contributed by atoms with Gasteiger partial charge in [0.2, 0.25) is 0 Å². The fourth-order valence-corrected chi connectivity index (χ4v) is 2.09. The van der Waals surface area contributed by atoms with E-state index in [1.807, 2.05) is 12.3 Å². The minimum Gasteiger partial charge on any atom is -0.344 e. The zero-order valence-electron chi connectivity index (χ0n) is 9.80. The van der Waals surface area contributed by atoms with E-state index in [1.165, 1.54) is 17.5 Å². The van der Waals surface area contributed by atoms with Crippen LogP contribution in [-0.4, -0.2) is 15.9 Å². The zero-order valence-corrected chi connectivity index (χ0v) is 10.6. The van der Waals surface area contributed by atoms with E-state index in [-0.39, 0.29) is 5.91 Å². The van der Waals surface area contributed by atoms with Gasteiger partial charge in [-0.25, -0.2) is 4.98 Å². The molecule has 0 spiro atoms. The van der Waals surface area contributed by atoms with E-state index in [2.05, 4.69) is 20.7 Å². The highest BCUT2D eigenvalue weighted by Crippen LogP contribution is 2.09. The van der Waals surface area contributed by atoms with Crippen LogP contribution in [0.1, 0.15) is 21.2 Å². The van der Waals surface area contributed by atoms with E-state index in [4.69, 9.17) is 5.84 Å². The number of aromatic nitrogens is 2. The van der Waals surface area contributed by atoms with Crippen molar-refractivity contribution in [3.8, 4) is 0 Å². The van der Waals surface area contributed by atoms with Crippen LogP contribution in [0.3, 0.4) is 0 Å². The summed E-state index contributed by atoms with van der Waals surface area (Å²) in [7, 11) is 0. The first-order chi connectivity index (χ1) is 8.69. The molecular weight excluding hydrogens is 250 g/mol. The molecule has 0 aliphatic heterocycles. The van der Waals surface area contributed by atoms with Crippen LogP contribution in [-0.2, 0) is 6.54 Å². The van der Waals surface area contributed by atoms with Crippen LogP contribution in [0.2, 0.25) is 0 Å². The van der Waals surface area contributed by atoms with Crippen molar-refractivity contribution in [1.82, 2.24) is 15.3 Å². The zero-order chi connectivity index (χ0) is 13.0. The molecule has 0 aliphatic carbocycles. The maximum atomic E-state index is 11.8. The lowest BCUT2D eigenvalue weighted by molar-refractivity contribution is 0.0946. The third-order valence-electron chi connectivity index (χ3n) is 2.23. The molecule has 2 aromatic heterocycles. The molecule has 0 radical (unpaired) electrons. The van der Waals surface area contributed by atoms with Crippen molar-refractivity contribution in [2.75, 3.05) is 5.43 Å². The molecule has 6 nitrogen and oxygen atoms in total. The van der Waals surface area contributed by atoms with Gasteiger partial charge in [-0.3, -0.25) is 15.6 Å². The van der Waals surface area contributed by atoms with Gasteiger partial charge in [-0.15, -0.1) is 11.3 Å². The molecule has 0 unspecified atom stereocenters. The molecule has 0 aromatic carbocycles. The van der Waals surface area contributed by atoms with Gasteiger partial charge in [-0.1, -0.05) is 0 Å². The van der Waals surface area contributed by atoms with Crippen LogP contribution in [0.4, 0.5) is 5.69 Å². The first-order valence-electron chi connectivity index (χ1n) is 5.31. The SMILES string of the molecule is Cc1csc(CNC(=O)c2cc(NN)ccn2)n1. The van der Waals surface area contributed by atoms with E-state index >= 15 is 0 Å². The molecule has 4 N–H and O–H groups in total. The molecule has 2 rings (SSSR count). The Labute approximate surface area is 108 Å². The molecule has 0 aliphatic rings. The van der Waals surface area contributed by atoms with E-state index in [0.29, 0.717) is 17.9 Å². The van der Waals surface area contributed by atoms with Gasteiger partial charge in [0.1, 0.15) is 10.7 Å². The number of aryl methyl sites for hydroxylation is 1. The van der Waals surface area contributed by atoms with Crippen molar-refractivity contribution in [2.24, 2.45) is 5.84 Å². The number of hydrazine groups is 1. The van der Waals surface area contributed by atoms with Gasteiger partial charge < -0.3 is 10.7 Å². The molecule has 18 heavy (non-hydrogen) atoms. The van der Waals surface area contributed by atoms with Crippen molar-refractivity contribution in [2.45, 2.75) is 13.5 Å². The third kappa shape index (κ3) is 3.02. The van der Waals surface area contributed by atoms with Crippen molar-refractivity contribution in [3.05, 3.63) is 40.1 Å². The number of nitrogens with zero attached hydrogens (tertiary/aromatic N) is 2. The van der Waals surface area contributed by atoms with Crippen LogP contribution in [0.25, 0.3) is 0 Å². The van der Waals surface area contributed by atoms with Crippen molar-refractivity contribution in [1.29, 1.82) is 0 Å². The number of nitrogens with one attached hydrogen (secondary N) is 2. The van der Waals surface area contributed by atoms with Gasteiger partial charge >= 0.3 is 0 Å². The molecule has 7 heteroatoms. The largest absolute Gasteiger partial charge is 0.344 e. The Kier molecular flexibility index (Phi) is 3.85. The molecular formula is C11H13N5OS. The average molecular weight is 263 g/mol. The number of amides is 1. The molecule has 0 saturated carbocycles. The summed E-state index contributed by atoms with van der Waals surface area (Å²) in [6.45, 7) is 2.32. The number of nitrogen functional groups attached to an aromatic ring is 1. The second kappa shape index (κ2) is 5.56. The first kappa shape index (κ1) is 12.5. The van der Waals surface area contributed by atoms with Crippen LogP contribution >= 0.6 is 11.3 Å². The first-order valence-corrected chi connectivity index (χ1v) is 6.19. The van der Waals surface area contributed by atoms with Crippen LogP contribution in [0.5, 0.6) is 0 Å². The van der Waals surface area contributed by atoms with Crippen molar-refractivity contribution in [3.63, 3.8) is 0 Å². The van der Waals surface area contributed by atoms with E-state index in [9.17, 15) is 4.79 Å². The van der Waals surface area contributed by atoms with Gasteiger partial charge in [0, 0.05) is 17.3 Å². The summed E-state index contributed by atoms with van der Waals surface area (Å²) in [4.78, 5) is 20.1. The number of pyridine rings is 1. The Hall–Kier alpha value is -1.99. The lowest BCUT2D eigenvalue weighted by Crippen LogP contribution is -2.24. The summed E-state index contributed by atoms with van der Waals surface area (Å²) in [5, 5.41) is 5.57. The predicted octanol–water partition coefficient (Wildman–Crippen LogP) is 1.06. The third-order valence-corrected chi connectivity index (χ3v) is 3.19. The van der Waals surface area contributed by atoms with Gasteiger partial charge in [0.25, 0.3) is 5.91 Å². The number of carbonyl (C=O) groups excluding carboxylic acids is 1. The number of nitrogens with two attached hydrogens (primary N) is 1. The monoisotopic (exact) mass is 263 g/mol. The minimum absolute atomic E-state index is 0.250. The second-order valence-corrected chi connectivity index (χ2v) is 4.58. The second-order valence-electron chi connectivity index (χ2n) is 3.64. The Morgan fingerprint density at radius 2 is 2.39 bits per heavy atom. The molecule has 94 valence electrons. The van der Waals surface area contributed by atoms with E-state index < -0.39 is 0 Å². The highest BCUT2D eigenvalue weighted by atomic mass is 32.1. The smallest absolute Gasteiger partial charge is 0.270 e. The van der Waals surface area contributed by atoms with Crippen molar-refractivity contribution >= 4 is 22.9 Å². The number of hydrogen-bond acceptors (Lipinski definition) is 6. The molecule has 0 bridgehead atoms. The fraction of sp³-hybridized carbons (Fsp3) is 0.182. The number of anilines is 1. The topological polar surface area (TPSA) is 92.9 Å². The van der Waals surface area contributed by atoms with Gasteiger partial charge in [0.15, 0.2) is 0 Å². The van der Waals surface area contributed by atoms with Gasteiger partial charge in [0.05, 0.1) is 12.2 Å². The van der Waals surface area contributed by atoms with Crippen LogP contribution in [0.15, 0.2) is 23.7 Å². The molecule has 1 amide bonds. The summed E-state index contributed by atoms with van der Waals surface area (Å²) in [6.07, 6.45) is 1.53. The van der Waals surface area contributed by atoms with Crippen molar-refractivity contribution < 1.29 is 4.79 Å². The highest BCUT2D eigenvalue weighted by molar-refractivity contribution is 7.09. The standard InChI is InChI=1S/C11H13N5OS/c1-7-6-18-10(15-7)5-14-11(17)9-4-8(16-12)2-3-13-9/h2-4,6H,5,12H2,1H3,(H,13,16)(H,14,17). The Balaban J connectivity index is 1.99. The summed E-state index contributed by atoms with van der Waals surface area (Å²) in [6, 6.07) is 3.27. The number of thiazole rings is 1. The van der Waals surface area contributed by atoms with Crippen LogP contribution < -0.4 is 16.6 Å². The maximum absolute atomic E-state index is 11.8. The quantitative estimate of drug-likeness (QED) is 0.566. The summed E-state index contributed by atoms with van der Waals surface area (Å²) < 4.78 is 0. The number of rotatable bonds is 4. The summed E-state index contributed by atoms with van der Waals surface area (Å²) >= 11 is 1.52. The van der Waals surface area contributed by atoms with Gasteiger partial charge in [-0.2, -0.15) is 0 Å². The molecule has 0 saturated heterocycles. The molecule has 2 heterocycles. The maximum Gasteiger partial charge on any atom is 0.270 e. The Morgan fingerprint density at radius 1 is 1.56 bits per heavy atom.